The Morgan fingerprint density at radius 1 is 1.32 bits per heavy atom. The van der Waals surface area contributed by atoms with Crippen molar-refractivity contribution in [3.63, 3.8) is 0 Å². The SMILES string of the molecule is O=S(=O)(CCC(F)(F)F)N1CC[C@H](Oc2cccc(F)c2)C1. The maximum atomic E-state index is 13.0. The Morgan fingerprint density at radius 3 is 2.68 bits per heavy atom. The summed E-state index contributed by atoms with van der Waals surface area (Å²) in [6.45, 7) is 0.0663. The van der Waals surface area contributed by atoms with Gasteiger partial charge in [-0.2, -0.15) is 17.5 Å². The lowest BCUT2D eigenvalue weighted by atomic mass is 10.3. The van der Waals surface area contributed by atoms with Crippen molar-refractivity contribution in [2.24, 2.45) is 0 Å². The third kappa shape index (κ3) is 4.84. The first-order chi connectivity index (χ1) is 10.2. The minimum absolute atomic E-state index is 0.0310. The quantitative estimate of drug-likeness (QED) is 0.774. The molecule has 124 valence electrons. The van der Waals surface area contributed by atoms with Gasteiger partial charge in [-0.3, -0.25) is 0 Å². The third-order valence-corrected chi connectivity index (χ3v) is 5.08. The van der Waals surface area contributed by atoms with E-state index in [0.29, 0.717) is 6.42 Å². The van der Waals surface area contributed by atoms with Gasteiger partial charge in [0.15, 0.2) is 0 Å². The molecule has 0 bridgehead atoms. The zero-order valence-corrected chi connectivity index (χ0v) is 12.3. The van der Waals surface area contributed by atoms with Gasteiger partial charge in [0.25, 0.3) is 0 Å². The van der Waals surface area contributed by atoms with Gasteiger partial charge < -0.3 is 4.74 Å². The molecule has 0 unspecified atom stereocenters. The second-order valence-electron chi connectivity index (χ2n) is 5.03. The number of ether oxygens (including phenoxy) is 1. The highest BCUT2D eigenvalue weighted by atomic mass is 32.2. The standard InChI is InChI=1S/C13H15F4NO3S/c14-10-2-1-3-11(8-10)21-12-4-6-18(9-12)22(19,20)7-5-13(15,16)17/h1-3,8,12H,4-7,9H2/t12-/m0/s1. The van der Waals surface area contributed by atoms with Crippen LogP contribution in [-0.2, 0) is 10.0 Å². The monoisotopic (exact) mass is 341 g/mol. The Labute approximate surface area is 125 Å². The Morgan fingerprint density at radius 2 is 2.05 bits per heavy atom. The molecule has 1 aromatic rings. The summed E-state index contributed by atoms with van der Waals surface area (Å²) in [6, 6.07) is 5.40. The van der Waals surface area contributed by atoms with Crippen molar-refractivity contribution < 1.29 is 30.7 Å². The fraction of sp³-hybridized carbons (Fsp3) is 0.538. The van der Waals surface area contributed by atoms with E-state index in [1.165, 1.54) is 24.3 Å². The predicted molar refractivity (Wildman–Crippen MR) is 71.5 cm³/mol. The van der Waals surface area contributed by atoms with Crippen LogP contribution >= 0.6 is 0 Å². The van der Waals surface area contributed by atoms with Crippen molar-refractivity contribution in [3.8, 4) is 5.75 Å². The zero-order chi connectivity index (χ0) is 16.4. The van der Waals surface area contributed by atoms with Crippen LogP contribution in [0.25, 0.3) is 0 Å². The van der Waals surface area contributed by atoms with Gasteiger partial charge in [-0.15, -0.1) is 0 Å². The Balaban J connectivity index is 1.92. The van der Waals surface area contributed by atoms with Crippen molar-refractivity contribution in [1.29, 1.82) is 0 Å². The molecule has 0 spiro atoms. The smallest absolute Gasteiger partial charge is 0.390 e. The number of hydrogen-bond donors (Lipinski definition) is 0. The number of alkyl halides is 3. The van der Waals surface area contributed by atoms with Crippen LogP contribution in [0.15, 0.2) is 24.3 Å². The molecule has 0 saturated carbocycles. The Bertz CT molecular complexity index is 618. The summed E-state index contributed by atoms with van der Waals surface area (Å²) in [5.41, 5.74) is 0. The van der Waals surface area contributed by atoms with Crippen LogP contribution in [0.1, 0.15) is 12.8 Å². The van der Waals surface area contributed by atoms with Gasteiger partial charge in [-0.1, -0.05) is 6.07 Å². The van der Waals surface area contributed by atoms with E-state index in [1.807, 2.05) is 0 Å². The average molecular weight is 341 g/mol. The highest BCUT2D eigenvalue weighted by Gasteiger charge is 2.36. The molecular formula is C13H15F4NO3S. The van der Waals surface area contributed by atoms with Gasteiger partial charge in [0, 0.05) is 12.6 Å². The summed E-state index contributed by atoms with van der Waals surface area (Å²) >= 11 is 0. The van der Waals surface area contributed by atoms with Gasteiger partial charge >= 0.3 is 6.18 Å². The third-order valence-electron chi connectivity index (χ3n) is 3.24. The van der Waals surface area contributed by atoms with Crippen LogP contribution in [0.4, 0.5) is 17.6 Å². The minimum atomic E-state index is -4.51. The molecular weight excluding hydrogens is 326 g/mol. The van der Waals surface area contributed by atoms with Crippen LogP contribution in [0.3, 0.4) is 0 Å². The lowest BCUT2D eigenvalue weighted by molar-refractivity contribution is -0.130. The summed E-state index contributed by atoms with van der Waals surface area (Å²) in [6.07, 6.45) is -6.03. The van der Waals surface area contributed by atoms with Crippen LogP contribution in [0.2, 0.25) is 0 Å². The van der Waals surface area contributed by atoms with E-state index >= 15 is 0 Å². The molecule has 9 heteroatoms. The van der Waals surface area contributed by atoms with E-state index in [-0.39, 0.29) is 18.8 Å². The topological polar surface area (TPSA) is 46.6 Å². The second-order valence-corrected chi connectivity index (χ2v) is 7.11. The predicted octanol–water partition coefficient (Wildman–Crippen LogP) is 2.56. The molecule has 4 nitrogen and oxygen atoms in total. The molecule has 1 fully saturated rings. The first-order valence-electron chi connectivity index (χ1n) is 6.62. The van der Waals surface area contributed by atoms with E-state index in [9.17, 15) is 26.0 Å². The number of rotatable bonds is 5. The lowest BCUT2D eigenvalue weighted by Crippen LogP contribution is -2.34. The molecule has 0 N–H and O–H groups in total. The second kappa shape index (κ2) is 6.41. The molecule has 1 aliphatic rings. The summed E-state index contributed by atoms with van der Waals surface area (Å²) in [4.78, 5) is 0. The molecule has 1 aromatic carbocycles. The average Bonchev–Trinajstić information content (AvgIpc) is 2.85. The Kier molecular flexibility index (Phi) is 4.96. The van der Waals surface area contributed by atoms with Crippen LogP contribution in [0.5, 0.6) is 5.75 Å². The van der Waals surface area contributed by atoms with Crippen molar-refractivity contribution in [2.45, 2.75) is 25.1 Å². The molecule has 1 saturated heterocycles. The molecule has 1 heterocycles. The largest absolute Gasteiger partial charge is 0.489 e. The van der Waals surface area contributed by atoms with Crippen molar-refractivity contribution in [1.82, 2.24) is 4.31 Å². The van der Waals surface area contributed by atoms with Crippen LogP contribution < -0.4 is 4.74 Å². The molecule has 2 rings (SSSR count). The van der Waals surface area contributed by atoms with E-state index in [2.05, 4.69) is 0 Å². The fourth-order valence-corrected chi connectivity index (χ4v) is 3.68. The van der Waals surface area contributed by atoms with Gasteiger partial charge in [-0.05, 0) is 18.6 Å². The first kappa shape index (κ1) is 17.0. The van der Waals surface area contributed by atoms with Crippen LogP contribution in [-0.4, -0.2) is 43.8 Å². The maximum absolute atomic E-state index is 13.0. The number of hydrogen-bond acceptors (Lipinski definition) is 3. The molecule has 0 aliphatic carbocycles. The minimum Gasteiger partial charge on any atom is -0.489 e. The number of nitrogens with zero attached hydrogens (tertiary/aromatic N) is 1. The highest BCUT2D eigenvalue weighted by Crippen LogP contribution is 2.24. The van der Waals surface area contributed by atoms with Gasteiger partial charge in [0.05, 0.1) is 18.7 Å². The van der Waals surface area contributed by atoms with E-state index < -0.39 is 40.3 Å². The number of benzene rings is 1. The molecule has 1 atom stereocenters. The van der Waals surface area contributed by atoms with Gasteiger partial charge in [0.2, 0.25) is 10.0 Å². The summed E-state index contributed by atoms with van der Waals surface area (Å²) in [5, 5.41) is 0. The summed E-state index contributed by atoms with van der Waals surface area (Å²) in [5.74, 6) is -1.19. The van der Waals surface area contributed by atoms with Crippen molar-refractivity contribution in [3.05, 3.63) is 30.1 Å². The summed E-state index contributed by atoms with van der Waals surface area (Å²) in [7, 11) is -3.97. The molecule has 0 amide bonds. The Hall–Kier alpha value is -1.35. The fourth-order valence-electron chi connectivity index (χ4n) is 2.15. The van der Waals surface area contributed by atoms with Crippen molar-refractivity contribution >= 4 is 10.0 Å². The van der Waals surface area contributed by atoms with E-state index in [0.717, 1.165) is 4.31 Å². The van der Waals surface area contributed by atoms with E-state index in [4.69, 9.17) is 4.74 Å². The highest BCUT2D eigenvalue weighted by molar-refractivity contribution is 7.89. The number of halogens is 4. The van der Waals surface area contributed by atoms with Gasteiger partial charge in [0.1, 0.15) is 17.7 Å². The summed E-state index contributed by atoms with van der Waals surface area (Å²) < 4.78 is 79.6. The van der Waals surface area contributed by atoms with Crippen LogP contribution in [0, 0.1) is 5.82 Å². The molecule has 1 aliphatic heterocycles. The van der Waals surface area contributed by atoms with Gasteiger partial charge in [-0.25, -0.2) is 12.8 Å². The maximum Gasteiger partial charge on any atom is 0.390 e. The van der Waals surface area contributed by atoms with E-state index in [1.54, 1.807) is 0 Å². The normalized spacial score (nSPS) is 20.3. The zero-order valence-electron chi connectivity index (χ0n) is 11.5. The molecule has 22 heavy (non-hydrogen) atoms. The molecule has 0 radical (unpaired) electrons. The lowest BCUT2D eigenvalue weighted by Gasteiger charge is -2.17. The van der Waals surface area contributed by atoms with Crippen molar-refractivity contribution in [2.75, 3.05) is 18.8 Å². The number of sulfonamides is 1. The molecule has 0 aromatic heterocycles. The first-order valence-corrected chi connectivity index (χ1v) is 8.23.